The number of anilines is 2. The van der Waals surface area contributed by atoms with Crippen LogP contribution in [0.5, 0.6) is 0 Å². The monoisotopic (exact) mass is 419 g/mol. The van der Waals surface area contributed by atoms with E-state index in [1.807, 2.05) is 4.68 Å². The minimum absolute atomic E-state index is 0.195. The summed E-state index contributed by atoms with van der Waals surface area (Å²) in [6.45, 7) is 6.25. The summed E-state index contributed by atoms with van der Waals surface area (Å²) < 4.78 is 1.84. The Labute approximate surface area is 180 Å². The molecule has 0 bridgehead atoms. The highest BCUT2D eigenvalue weighted by Crippen LogP contribution is 2.44. The smallest absolute Gasteiger partial charge is 0.226 e. The van der Waals surface area contributed by atoms with E-state index in [1.165, 1.54) is 10.6 Å². The molecule has 2 aliphatic rings. The van der Waals surface area contributed by atoms with E-state index in [0.29, 0.717) is 12.4 Å². The van der Waals surface area contributed by atoms with Gasteiger partial charge in [-0.25, -0.2) is 4.68 Å². The van der Waals surface area contributed by atoms with E-state index in [9.17, 15) is 4.79 Å². The molecule has 3 heterocycles. The summed E-state index contributed by atoms with van der Waals surface area (Å²) in [5.74, 6) is 1.12. The summed E-state index contributed by atoms with van der Waals surface area (Å²) in [4.78, 5) is 21.3. The standard InChI is InChI=1S/C23H25N5OS/c1-3-27(4-2)17-9-7-15(8-10-17)22-21-18(26-23-24-14-25-28(22)23)12-16(13-19(21)29)20-6-5-11-30-20/h5-11,14,16,22H,3-4,12-13H2,1-2H3,(H,24,25,26)/t16-,22+/m1/s1. The van der Waals surface area contributed by atoms with Crippen LogP contribution in [0.1, 0.15) is 49.1 Å². The number of carbonyl (C=O) groups is 1. The minimum atomic E-state index is -0.235. The third kappa shape index (κ3) is 3.13. The van der Waals surface area contributed by atoms with Crippen molar-refractivity contribution in [3.05, 3.63) is 69.8 Å². The van der Waals surface area contributed by atoms with Crippen molar-refractivity contribution in [2.75, 3.05) is 23.3 Å². The molecule has 30 heavy (non-hydrogen) atoms. The van der Waals surface area contributed by atoms with Gasteiger partial charge in [-0.2, -0.15) is 10.1 Å². The number of benzene rings is 1. The van der Waals surface area contributed by atoms with Gasteiger partial charge in [-0.3, -0.25) is 4.79 Å². The molecule has 0 unspecified atom stereocenters. The number of rotatable bonds is 5. The average molecular weight is 420 g/mol. The first-order valence-electron chi connectivity index (χ1n) is 10.5. The van der Waals surface area contributed by atoms with Crippen LogP contribution >= 0.6 is 11.3 Å². The normalized spacial score (nSPS) is 20.5. The zero-order valence-corrected chi connectivity index (χ0v) is 18.0. The molecule has 0 saturated carbocycles. The lowest BCUT2D eigenvalue weighted by atomic mass is 9.80. The molecule has 0 amide bonds. The fourth-order valence-electron chi connectivity index (χ4n) is 4.64. The molecule has 0 spiro atoms. The van der Waals surface area contributed by atoms with Crippen molar-refractivity contribution >= 4 is 28.8 Å². The topological polar surface area (TPSA) is 63.1 Å². The van der Waals surface area contributed by atoms with Crippen molar-refractivity contribution in [3.63, 3.8) is 0 Å². The highest BCUT2D eigenvalue weighted by atomic mass is 32.1. The Morgan fingerprint density at radius 2 is 1.97 bits per heavy atom. The number of aromatic nitrogens is 3. The molecule has 6 nitrogen and oxygen atoms in total. The van der Waals surface area contributed by atoms with E-state index in [-0.39, 0.29) is 17.7 Å². The molecule has 2 atom stereocenters. The number of nitrogens with one attached hydrogen (secondary N) is 1. The molecular weight excluding hydrogens is 394 g/mol. The largest absolute Gasteiger partial charge is 0.372 e. The maximum absolute atomic E-state index is 13.4. The maximum atomic E-state index is 13.4. The lowest BCUT2D eigenvalue weighted by Crippen LogP contribution is -2.33. The molecule has 0 radical (unpaired) electrons. The van der Waals surface area contributed by atoms with Crippen molar-refractivity contribution in [2.24, 2.45) is 0 Å². The number of hydrogen-bond donors (Lipinski definition) is 1. The van der Waals surface area contributed by atoms with E-state index < -0.39 is 0 Å². The molecule has 1 N–H and O–H groups in total. The van der Waals surface area contributed by atoms with Gasteiger partial charge in [0.2, 0.25) is 5.95 Å². The highest BCUT2D eigenvalue weighted by molar-refractivity contribution is 7.10. The van der Waals surface area contributed by atoms with Gasteiger partial charge in [-0.05, 0) is 49.4 Å². The lowest BCUT2D eigenvalue weighted by molar-refractivity contribution is -0.116. The van der Waals surface area contributed by atoms with Gasteiger partial charge in [-0.1, -0.05) is 18.2 Å². The fourth-order valence-corrected chi connectivity index (χ4v) is 5.47. The molecule has 7 heteroatoms. The summed E-state index contributed by atoms with van der Waals surface area (Å²) in [6.07, 6.45) is 2.92. The van der Waals surface area contributed by atoms with E-state index in [4.69, 9.17) is 0 Å². The number of ketones is 1. The van der Waals surface area contributed by atoms with E-state index in [0.717, 1.165) is 36.3 Å². The number of thiophene rings is 1. The van der Waals surface area contributed by atoms with Gasteiger partial charge in [0.1, 0.15) is 12.4 Å². The molecule has 1 aromatic carbocycles. The Morgan fingerprint density at radius 3 is 2.67 bits per heavy atom. The van der Waals surface area contributed by atoms with Gasteiger partial charge in [0.15, 0.2) is 5.78 Å². The summed E-state index contributed by atoms with van der Waals surface area (Å²) in [5.41, 5.74) is 4.08. The zero-order chi connectivity index (χ0) is 20.7. The number of carbonyl (C=O) groups excluding carboxylic acids is 1. The Bertz CT molecular complexity index is 1080. The molecule has 5 rings (SSSR count). The van der Waals surface area contributed by atoms with Crippen LogP contribution in [0.15, 0.2) is 59.4 Å². The van der Waals surface area contributed by atoms with E-state index >= 15 is 0 Å². The minimum Gasteiger partial charge on any atom is -0.372 e. The summed E-state index contributed by atoms with van der Waals surface area (Å²) >= 11 is 1.72. The van der Waals surface area contributed by atoms with Crippen LogP contribution in [-0.2, 0) is 4.79 Å². The molecule has 0 saturated heterocycles. The second-order valence-corrected chi connectivity index (χ2v) is 8.73. The van der Waals surface area contributed by atoms with Crippen LogP contribution in [-0.4, -0.2) is 33.6 Å². The lowest BCUT2D eigenvalue weighted by Gasteiger charge is -2.35. The Morgan fingerprint density at radius 1 is 1.17 bits per heavy atom. The third-order valence-electron chi connectivity index (χ3n) is 6.14. The summed E-state index contributed by atoms with van der Waals surface area (Å²) in [7, 11) is 0. The number of nitrogens with zero attached hydrogens (tertiary/aromatic N) is 4. The number of hydrogen-bond acceptors (Lipinski definition) is 6. The number of allylic oxidation sites excluding steroid dienone is 2. The predicted molar refractivity (Wildman–Crippen MR) is 120 cm³/mol. The molecule has 0 fully saturated rings. The molecule has 2 aromatic heterocycles. The van der Waals surface area contributed by atoms with Gasteiger partial charge < -0.3 is 10.2 Å². The number of Topliss-reactive ketones (excluding diaryl/α,β-unsaturated/α-hetero) is 1. The summed E-state index contributed by atoms with van der Waals surface area (Å²) in [6, 6.07) is 12.5. The van der Waals surface area contributed by atoms with Crippen LogP contribution in [0.25, 0.3) is 0 Å². The predicted octanol–water partition coefficient (Wildman–Crippen LogP) is 4.60. The van der Waals surface area contributed by atoms with Crippen molar-refractivity contribution in [2.45, 2.75) is 38.6 Å². The Kier molecular flexibility index (Phi) is 4.90. The van der Waals surface area contributed by atoms with Crippen LogP contribution in [0.2, 0.25) is 0 Å². The summed E-state index contributed by atoms with van der Waals surface area (Å²) in [5, 5.41) is 9.92. The first-order chi connectivity index (χ1) is 14.7. The molecule has 154 valence electrons. The van der Waals surface area contributed by atoms with E-state index in [1.54, 1.807) is 17.7 Å². The van der Waals surface area contributed by atoms with Crippen LogP contribution in [0.3, 0.4) is 0 Å². The van der Waals surface area contributed by atoms with Gasteiger partial charge in [0.25, 0.3) is 0 Å². The Hall–Kier alpha value is -2.93. The first-order valence-corrected chi connectivity index (χ1v) is 11.4. The van der Waals surface area contributed by atoms with Crippen molar-refractivity contribution in [1.82, 2.24) is 14.8 Å². The quantitative estimate of drug-likeness (QED) is 0.655. The van der Waals surface area contributed by atoms with Crippen LogP contribution < -0.4 is 10.2 Å². The van der Waals surface area contributed by atoms with Crippen molar-refractivity contribution in [1.29, 1.82) is 0 Å². The van der Waals surface area contributed by atoms with Gasteiger partial charge in [-0.15, -0.1) is 11.3 Å². The van der Waals surface area contributed by atoms with Crippen LogP contribution in [0, 0.1) is 0 Å². The first kappa shape index (κ1) is 19.1. The molecule has 1 aliphatic heterocycles. The third-order valence-corrected chi connectivity index (χ3v) is 7.18. The second-order valence-electron chi connectivity index (χ2n) is 7.76. The SMILES string of the molecule is CCN(CC)c1ccc([C@H]2C3=C(C[C@@H](c4cccs4)CC3=O)Nc3ncnn32)cc1. The molecule has 1 aliphatic carbocycles. The average Bonchev–Trinajstić information content (AvgIpc) is 3.46. The molecule has 3 aromatic rings. The van der Waals surface area contributed by atoms with E-state index in [2.05, 4.69) is 75.9 Å². The van der Waals surface area contributed by atoms with Crippen LogP contribution in [0.4, 0.5) is 11.6 Å². The highest BCUT2D eigenvalue weighted by Gasteiger charge is 2.39. The van der Waals surface area contributed by atoms with Crippen molar-refractivity contribution in [3.8, 4) is 0 Å². The van der Waals surface area contributed by atoms with Gasteiger partial charge >= 0.3 is 0 Å². The van der Waals surface area contributed by atoms with Gasteiger partial charge in [0.05, 0.1) is 0 Å². The van der Waals surface area contributed by atoms with Gasteiger partial charge in [0, 0.05) is 47.3 Å². The molecular formula is C23H25N5OS. The fraction of sp³-hybridized carbons (Fsp3) is 0.348. The zero-order valence-electron chi connectivity index (χ0n) is 17.2. The Balaban J connectivity index is 1.55. The van der Waals surface area contributed by atoms with Crippen molar-refractivity contribution < 1.29 is 4.79 Å². The second kappa shape index (κ2) is 7.72. The number of fused-ring (bicyclic) bond motifs is 1. The maximum Gasteiger partial charge on any atom is 0.226 e.